The molecule has 3 aromatic rings. The number of anilines is 1. The number of Topliss-reactive ketones (excluding diaryl/α,β-unsaturated/α-hetero) is 1. The van der Waals surface area contributed by atoms with Gasteiger partial charge in [0.25, 0.3) is 11.7 Å². The summed E-state index contributed by atoms with van der Waals surface area (Å²) < 4.78 is 23.7. The van der Waals surface area contributed by atoms with E-state index in [4.69, 9.17) is 9.47 Å². The molecule has 1 fully saturated rings. The van der Waals surface area contributed by atoms with Gasteiger partial charge in [-0.1, -0.05) is 12.1 Å². The molecule has 3 aromatic carbocycles. The van der Waals surface area contributed by atoms with E-state index in [0.717, 1.165) is 0 Å². The first kappa shape index (κ1) is 23.7. The Labute approximate surface area is 201 Å². The summed E-state index contributed by atoms with van der Waals surface area (Å²) in [5.74, 6) is -2.58. The van der Waals surface area contributed by atoms with Crippen LogP contribution in [0.2, 0.25) is 0 Å². The van der Waals surface area contributed by atoms with E-state index in [9.17, 15) is 23.9 Å². The number of rotatable bonds is 5. The predicted molar refractivity (Wildman–Crippen MR) is 127 cm³/mol. The van der Waals surface area contributed by atoms with Crippen molar-refractivity contribution in [1.82, 2.24) is 0 Å². The number of hydrogen-bond donors (Lipinski definition) is 1. The van der Waals surface area contributed by atoms with E-state index in [1.165, 1.54) is 68.5 Å². The van der Waals surface area contributed by atoms with Crippen LogP contribution in [-0.4, -0.2) is 37.0 Å². The van der Waals surface area contributed by atoms with Gasteiger partial charge in [0.05, 0.1) is 31.4 Å². The maximum Gasteiger partial charge on any atom is 0.337 e. The number of methoxy groups -OCH3 is 2. The molecule has 4 rings (SSSR count). The molecular weight excluding hydrogens is 453 g/mol. The van der Waals surface area contributed by atoms with Gasteiger partial charge < -0.3 is 14.6 Å². The monoisotopic (exact) mass is 475 g/mol. The Balaban J connectivity index is 1.90. The molecule has 8 heteroatoms. The van der Waals surface area contributed by atoms with Crippen LogP contribution in [0.4, 0.5) is 10.1 Å². The van der Waals surface area contributed by atoms with Crippen LogP contribution in [0.25, 0.3) is 5.76 Å². The van der Waals surface area contributed by atoms with Gasteiger partial charge in [-0.2, -0.15) is 0 Å². The average molecular weight is 475 g/mol. The first-order valence-electron chi connectivity index (χ1n) is 10.7. The molecule has 0 bridgehead atoms. The number of aryl methyl sites for hydroxylation is 1. The highest BCUT2D eigenvalue weighted by atomic mass is 19.1. The first-order valence-corrected chi connectivity index (χ1v) is 10.7. The normalized spacial score (nSPS) is 16.9. The van der Waals surface area contributed by atoms with Gasteiger partial charge in [0.2, 0.25) is 0 Å². The Morgan fingerprint density at radius 1 is 0.943 bits per heavy atom. The minimum Gasteiger partial charge on any atom is -0.507 e. The van der Waals surface area contributed by atoms with Crippen molar-refractivity contribution in [3.05, 3.63) is 100 Å². The lowest BCUT2D eigenvalue weighted by Gasteiger charge is -2.25. The number of ether oxygens (including phenoxy) is 2. The zero-order chi connectivity index (χ0) is 25.3. The fourth-order valence-electron chi connectivity index (χ4n) is 4.02. The highest BCUT2D eigenvalue weighted by Crippen LogP contribution is 2.42. The highest BCUT2D eigenvalue weighted by molar-refractivity contribution is 6.51. The number of nitrogens with zero attached hydrogens (tertiary/aromatic N) is 1. The molecule has 0 aliphatic carbocycles. The lowest BCUT2D eigenvalue weighted by molar-refractivity contribution is -0.132. The standard InChI is InChI=1S/C27H22FNO6/c1-15-14-18(8-13-21(15)28)24(30)22-23(16-6-11-20(34-2)12-7-16)29(26(32)25(22)31)19-9-4-17(5-10-19)27(33)35-3/h4-14,23,30H,1-3H3/b24-22-. The topological polar surface area (TPSA) is 93.1 Å². The van der Waals surface area contributed by atoms with E-state index in [1.807, 2.05) is 0 Å². The second kappa shape index (κ2) is 9.42. The Kier molecular flexibility index (Phi) is 6.38. The zero-order valence-corrected chi connectivity index (χ0v) is 19.2. The summed E-state index contributed by atoms with van der Waals surface area (Å²) in [6, 6.07) is 15.7. The number of benzene rings is 3. The highest BCUT2D eigenvalue weighted by Gasteiger charge is 2.47. The molecule has 1 aliphatic heterocycles. The lowest BCUT2D eigenvalue weighted by Crippen LogP contribution is -2.29. The fraction of sp³-hybridized carbons (Fsp3) is 0.148. The molecule has 1 atom stereocenters. The van der Waals surface area contributed by atoms with Crippen LogP contribution in [0.15, 0.2) is 72.3 Å². The summed E-state index contributed by atoms with van der Waals surface area (Å²) in [4.78, 5) is 39.5. The minimum absolute atomic E-state index is 0.136. The van der Waals surface area contributed by atoms with Gasteiger partial charge >= 0.3 is 5.97 Å². The van der Waals surface area contributed by atoms with Crippen LogP contribution < -0.4 is 9.64 Å². The number of ketones is 1. The summed E-state index contributed by atoms with van der Waals surface area (Å²) in [7, 11) is 2.77. The molecule has 0 spiro atoms. The SMILES string of the molecule is COC(=O)c1ccc(N2C(=O)C(=O)/C(=C(\O)c3ccc(F)c(C)c3)C2c2ccc(OC)cc2)cc1. The van der Waals surface area contributed by atoms with Crippen molar-refractivity contribution in [3.8, 4) is 5.75 Å². The fourth-order valence-corrected chi connectivity index (χ4v) is 4.02. The van der Waals surface area contributed by atoms with Crippen molar-refractivity contribution in [2.24, 2.45) is 0 Å². The van der Waals surface area contributed by atoms with Crippen LogP contribution in [0.1, 0.15) is 33.1 Å². The Morgan fingerprint density at radius 2 is 1.57 bits per heavy atom. The summed E-state index contributed by atoms with van der Waals surface area (Å²) in [5, 5.41) is 11.1. The average Bonchev–Trinajstić information content (AvgIpc) is 3.15. The second-order valence-corrected chi connectivity index (χ2v) is 7.94. The molecule has 35 heavy (non-hydrogen) atoms. The lowest BCUT2D eigenvalue weighted by atomic mass is 9.94. The largest absolute Gasteiger partial charge is 0.507 e. The van der Waals surface area contributed by atoms with Crippen molar-refractivity contribution in [3.63, 3.8) is 0 Å². The molecule has 0 saturated carbocycles. The molecule has 7 nitrogen and oxygen atoms in total. The summed E-state index contributed by atoms with van der Waals surface area (Å²) in [6.07, 6.45) is 0. The first-order chi connectivity index (χ1) is 16.8. The van der Waals surface area contributed by atoms with Crippen LogP contribution in [0.5, 0.6) is 5.75 Å². The number of esters is 1. The number of aliphatic hydroxyl groups is 1. The van der Waals surface area contributed by atoms with Crippen molar-refractivity contribution < 1.29 is 33.4 Å². The molecule has 1 aliphatic rings. The summed E-state index contributed by atoms with van der Waals surface area (Å²) in [5.41, 5.74) is 1.51. The smallest absolute Gasteiger partial charge is 0.337 e. The molecule has 178 valence electrons. The number of carbonyl (C=O) groups is 3. The van der Waals surface area contributed by atoms with Crippen LogP contribution >= 0.6 is 0 Å². The molecule has 1 heterocycles. The van der Waals surface area contributed by atoms with E-state index in [-0.39, 0.29) is 22.3 Å². The predicted octanol–water partition coefficient (Wildman–Crippen LogP) is 4.56. The Hall–Kier alpha value is -4.46. The van der Waals surface area contributed by atoms with Crippen molar-refractivity contribution >= 4 is 29.1 Å². The molecule has 0 radical (unpaired) electrons. The van der Waals surface area contributed by atoms with E-state index in [2.05, 4.69) is 0 Å². The van der Waals surface area contributed by atoms with Crippen LogP contribution in [0, 0.1) is 12.7 Å². The van der Waals surface area contributed by atoms with Crippen LogP contribution in [-0.2, 0) is 14.3 Å². The quantitative estimate of drug-likeness (QED) is 0.252. The summed E-state index contributed by atoms with van der Waals surface area (Å²) >= 11 is 0. The van der Waals surface area contributed by atoms with E-state index in [0.29, 0.717) is 17.0 Å². The third-order valence-electron chi connectivity index (χ3n) is 5.87. The van der Waals surface area contributed by atoms with Gasteiger partial charge in [-0.15, -0.1) is 0 Å². The molecule has 1 saturated heterocycles. The van der Waals surface area contributed by atoms with E-state index >= 15 is 0 Å². The second-order valence-electron chi connectivity index (χ2n) is 7.94. The molecule has 1 amide bonds. The third-order valence-corrected chi connectivity index (χ3v) is 5.87. The van der Waals surface area contributed by atoms with Crippen molar-refractivity contribution in [2.45, 2.75) is 13.0 Å². The van der Waals surface area contributed by atoms with Gasteiger partial charge in [0, 0.05) is 11.3 Å². The molecule has 1 N–H and O–H groups in total. The zero-order valence-electron chi connectivity index (χ0n) is 19.2. The number of aliphatic hydroxyl groups excluding tert-OH is 1. The van der Waals surface area contributed by atoms with Crippen molar-refractivity contribution in [1.29, 1.82) is 0 Å². The number of carbonyl (C=O) groups excluding carboxylic acids is 3. The Bertz CT molecular complexity index is 1350. The Morgan fingerprint density at radius 3 is 2.14 bits per heavy atom. The third kappa shape index (κ3) is 4.26. The van der Waals surface area contributed by atoms with Crippen molar-refractivity contribution in [2.75, 3.05) is 19.1 Å². The van der Waals surface area contributed by atoms with Gasteiger partial charge in [-0.25, -0.2) is 9.18 Å². The molecule has 0 aromatic heterocycles. The van der Waals surface area contributed by atoms with E-state index < -0.39 is 35.3 Å². The van der Waals surface area contributed by atoms with Gasteiger partial charge in [-0.3, -0.25) is 14.5 Å². The van der Waals surface area contributed by atoms with Gasteiger partial charge in [0.1, 0.15) is 17.3 Å². The number of halogens is 1. The maximum atomic E-state index is 13.8. The molecular formula is C27H22FNO6. The minimum atomic E-state index is -0.977. The number of amides is 1. The number of hydrogen-bond acceptors (Lipinski definition) is 6. The van der Waals surface area contributed by atoms with E-state index in [1.54, 1.807) is 24.3 Å². The van der Waals surface area contributed by atoms with Gasteiger partial charge in [0.15, 0.2) is 0 Å². The van der Waals surface area contributed by atoms with Crippen LogP contribution in [0.3, 0.4) is 0 Å². The van der Waals surface area contributed by atoms with Gasteiger partial charge in [-0.05, 0) is 72.6 Å². The maximum absolute atomic E-state index is 13.8. The summed E-state index contributed by atoms with van der Waals surface area (Å²) in [6.45, 7) is 1.54. The molecule has 1 unspecified atom stereocenters.